The Morgan fingerprint density at radius 3 is 3.17 bits per heavy atom. The van der Waals surface area contributed by atoms with Crippen molar-refractivity contribution in [3.8, 4) is 0 Å². The van der Waals surface area contributed by atoms with Crippen LogP contribution in [0.3, 0.4) is 0 Å². The summed E-state index contributed by atoms with van der Waals surface area (Å²) >= 11 is 5.95. The molecule has 4 heteroatoms. The maximum atomic E-state index is 5.95. The van der Waals surface area contributed by atoms with Crippen molar-refractivity contribution >= 4 is 11.6 Å². The molecule has 0 spiro atoms. The van der Waals surface area contributed by atoms with Crippen LogP contribution in [0.2, 0.25) is 5.02 Å². The first kappa shape index (κ1) is 13.8. The first-order chi connectivity index (χ1) is 8.78. The van der Waals surface area contributed by atoms with Gasteiger partial charge in [-0.2, -0.15) is 0 Å². The lowest BCUT2D eigenvalue weighted by Gasteiger charge is -2.32. The standard InChI is InChI=1S/C14H21ClN2O/c1-2-17-6-7-18-14(11-17)10-16-9-12-4-3-5-13(15)8-12/h3-5,8,14,16H,2,6-7,9-11H2,1H3. The Balaban J connectivity index is 1.72. The Hall–Kier alpha value is -0.610. The first-order valence-corrected chi connectivity index (χ1v) is 6.95. The highest BCUT2D eigenvalue weighted by Crippen LogP contribution is 2.10. The predicted molar refractivity (Wildman–Crippen MR) is 75.0 cm³/mol. The summed E-state index contributed by atoms with van der Waals surface area (Å²) in [6, 6.07) is 7.96. The largest absolute Gasteiger partial charge is 0.374 e. The van der Waals surface area contributed by atoms with E-state index in [0.29, 0.717) is 6.10 Å². The van der Waals surface area contributed by atoms with Crippen LogP contribution in [0.4, 0.5) is 0 Å². The Morgan fingerprint density at radius 1 is 1.50 bits per heavy atom. The summed E-state index contributed by atoms with van der Waals surface area (Å²) < 4.78 is 5.74. The number of halogens is 1. The van der Waals surface area contributed by atoms with Crippen molar-refractivity contribution in [1.29, 1.82) is 0 Å². The van der Waals surface area contributed by atoms with E-state index in [1.807, 2.05) is 18.2 Å². The van der Waals surface area contributed by atoms with E-state index >= 15 is 0 Å². The molecule has 0 aromatic heterocycles. The van der Waals surface area contributed by atoms with Gasteiger partial charge in [0.2, 0.25) is 0 Å². The van der Waals surface area contributed by atoms with Crippen LogP contribution in [0.25, 0.3) is 0 Å². The second kappa shape index (κ2) is 7.10. The van der Waals surface area contributed by atoms with E-state index < -0.39 is 0 Å². The Labute approximate surface area is 114 Å². The number of benzene rings is 1. The second-order valence-corrected chi connectivity index (χ2v) is 5.08. The maximum Gasteiger partial charge on any atom is 0.0826 e. The lowest BCUT2D eigenvalue weighted by molar-refractivity contribution is -0.0253. The lowest BCUT2D eigenvalue weighted by atomic mass is 10.2. The van der Waals surface area contributed by atoms with Crippen molar-refractivity contribution in [2.24, 2.45) is 0 Å². The number of nitrogens with one attached hydrogen (secondary N) is 1. The van der Waals surface area contributed by atoms with E-state index in [2.05, 4.69) is 23.2 Å². The van der Waals surface area contributed by atoms with Gasteiger partial charge in [0.15, 0.2) is 0 Å². The number of likely N-dealkylation sites (N-methyl/N-ethyl adjacent to an activating group) is 1. The highest BCUT2D eigenvalue weighted by Gasteiger charge is 2.18. The molecule has 2 rings (SSSR count). The van der Waals surface area contributed by atoms with Crippen LogP contribution in [0.15, 0.2) is 24.3 Å². The van der Waals surface area contributed by atoms with Crippen LogP contribution < -0.4 is 5.32 Å². The van der Waals surface area contributed by atoms with E-state index in [1.54, 1.807) is 0 Å². The van der Waals surface area contributed by atoms with Gasteiger partial charge in [-0.05, 0) is 24.2 Å². The van der Waals surface area contributed by atoms with E-state index in [-0.39, 0.29) is 0 Å². The molecule has 1 atom stereocenters. The fourth-order valence-electron chi connectivity index (χ4n) is 2.22. The number of nitrogens with zero attached hydrogens (tertiary/aromatic N) is 1. The number of morpholine rings is 1. The zero-order valence-electron chi connectivity index (χ0n) is 10.9. The molecule has 1 aromatic rings. The molecule has 3 nitrogen and oxygen atoms in total. The molecule has 1 aliphatic heterocycles. The molecule has 1 saturated heterocycles. The zero-order chi connectivity index (χ0) is 12.8. The molecule has 1 N–H and O–H groups in total. The quantitative estimate of drug-likeness (QED) is 0.886. The first-order valence-electron chi connectivity index (χ1n) is 6.57. The van der Waals surface area contributed by atoms with Crippen LogP contribution in [-0.4, -0.2) is 43.8 Å². The van der Waals surface area contributed by atoms with Crippen LogP contribution >= 0.6 is 11.6 Å². The summed E-state index contributed by atoms with van der Waals surface area (Å²) in [6.07, 6.45) is 0.304. The molecule has 18 heavy (non-hydrogen) atoms. The van der Waals surface area contributed by atoms with Gasteiger partial charge in [0.25, 0.3) is 0 Å². The monoisotopic (exact) mass is 268 g/mol. The van der Waals surface area contributed by atoms with Crippen LogP contribution in [0, 0.1) is 0 Å². The molecule has 1 aliphatic rings. The molecule has 1 heterocycles. The van der Waals surface area contributed by atoms with Gasteiger partial charge in [0.05, 0.1) is 12.7 Å². The molecule has 1 unspecified atom stereocenters. The van der Waals surface area contributed by atoms with Crippen molar-refractivity contribution in [2.75, 3.05) is 32.8 Å². The van der Waals surface area contributed by atoms with Gasteiger partial charge in [-0.1, -0.05) is 30.7 Å². The smallest absolute Gasteiger partial charge is 0.0826 e. The van der Waals surface area contributed by atoms with Gasteiger partial charge in [-0.25, -0.2) is 0 Å². The molecule has 0 radical (unpaired) electrons. The van der Waals surface area contributed by atoms with Gasteiger partial charge in [0.1, 0.15) is 0 Å². The number of hydrogen-bond acceptors (Lipinski definition) is 3. The highest BCUT2D eigenvalue weighted by molar-refractivity contribution is 6.30. The Morgan fingerprint density at radius 2 is 2.39 bits per heavy atom. The fourth-order valence-corrected chi connectivity index (χ4v) is 2.43. The zero-order valence-corrected chi connectivity index (χ0v) is 11.6. The number of rotatable bonds is 5. The molecule has 100 valence electrons. The second-order valence-electron chi connectivity index (χ2n) is 4.65. The SMILES string of the molecule is CCN1CCOC(CNCc2cccc(Cl)c2)C1. The number of ether oxygens (including phenoxy) is 1. The predicted octanol–water partition coefficient (Wildman–Crippen LogP) is 2.15. The van der Waals surface area contributed by atoms with E-state index in [9.17, 15) is 0 Å². The van der Waals surface area contributed by atoms with Crippen molar-refractivity contribution in [3.05, 3.63) is 34.9 Å². The third-order valence-corrected chi connectivity index (χ3v) is 3.50. The van der Waals surface area contributed by atoms with E-state index in [0.717, 1.165) is 44.4 Å². The summed E-state index contributed by atoms with van der Waals surface area (Å²) in [4.78, 5) is 2.43. The van der Waals surface area contributed by atoms with Crippen LogP contribution in [0.1, 0.15) is 12.5 Å². The van der Waals surface area contributed by atoms with Gasteiger partial charge >= 0.3 is 0 Å². The van der Waals surface area contributed by atoms with Crippen molar-refractivity contribution in [3.63, 3.8) is 0 Å². The summed E-state index contributed by atoms with van der Waals surface area (Å²) in [5, 5.41) is 4.22. The molecule has 0 saturated carbocycles. The van der Waals surface area contributed by atoms with Gasteiger partial charge in [-0.3, -0.25) is 4.90 Å². The van der Waals surface area contributed by atoms with Crippen molar-refractivity contribution < 1.29 is 4.74 Å². The van der Waals surface area contributed by atoms with Crippen LogP contribution in [-0.2, 0) is 11.3 Å². The minimum absolute atomic E-state index is 0.304. The lowest BCUT2D eigenvalue weighted by Crippen LogP contribution is -2.46. The van der Waals surface area contributed by atoms with Crippen LogP contribution in [0.5, 0.6) is 0 Å². The van der Waals surface area contributed by atoms with Gasteiger partial charge < -0.3 is 10.1 Å². The average Bonchev–Trinajstić information content (AvgIpc) is 2.39. The Bertz CT molecular complexity index is 373. The molecule has 1 fully saturated rings. The molecule has 0 aliphatic carbocycles. The third kappa shape index (κ3) is 4.25. The maximum absolute atomic E-state index is 5.95. The third-order valence-electron chi connectivity index (χ3n) is 3.26. The molecule has 0 amide bonds. The molecular weight excluding hydrogens is 248 g/mol. The summed E-state index contributed by atoms with van der Waals surface area (Å²) in [5.74, 6) is 0. The molecular formula is C14H21ClN2O. The average molecular weight is 269 g/mol. The normalized spacial score (nSPS) is 21.1. The topological polar surface area (TPSA) is 24.5 Å². The van der Waals surface area contributed by atoms with Crippen molar-refractivity contribution in [1.82, 2.24) is 10.2 Å². The fraction of sp³-hybridized carbons (Fsp3) is 0.571. The summed E-state index contributed by atoms with van der Waals surface area (Å²) in [7, 11) is 0. The highest BCUT2D eigenvalue weighted by atomic mass is 35.5. The van der Waals surface area contributed by atoms with Crippen molar-refractivity contribution in [2.45, 2.75) is 19.6 Å². The number of hydrogen-bond donors (Lipinski definition) is 1. The van der Waals surface area contributed by atoms with Gasteiger partial charge in [0, 0.05) is 31.2 Å². The summed E-state index contributed by atoms with van der Waals surface area (Å²) in [6.45, 7) is 7.96. The minimum atomic E-state index is 0.304. The van der Waals surface area contributed by atoms with Gasteiger partial charge in [-0.15, -0.1) is 0 Å². The van der Waals surface area contributed by atoms with E-state index in [1.165, 1.54) is 5.56 Å². The Kier molecular flexibility index (Phi) is 5.45. The van der Waals surface area contributed by atoms with E-state index in [4.69, 9.17) is 16.3 Å². The summed E-state index contributed by atoms with van der Waals surface area (Å²) in [5.41, 5.74) is 1.21. The minimum Gasteiger partial charge on any atom is -0.374 e. The molecule has 1 aromatic carbocycles. The molecule has 0 bridgehead atoms.